The fourth-order valence-electron chi connectivity index (χ4n) is 6.16. The topological polar surface area (TPSA) is 84.9 Å². The van der Waals surface area contributed by atoms with Gasteiger partial charge in [0.1, 0.15) is 11.5 Å². The van der Waals surface area contributed by atoms with Crippen LogP contribution in [0.1, 0.15) is 16.8 Å². The maximum absolute atomic E-state index is 13.5. The molecule has 0 unspecified atom stereocenters. The quantitative estimate of drug-likeness (QED) is 0.564. The summed E-state index contributed by atoms with van der Waals surface area (Å²) in [5, 5.41) is 2.85. The number of ether oxygens (including phenoxy) is 2. The first-order valence-electron chi connectivity index (χ1n) is 11.2. The summed E-state index contributed by atoms with van der Waals surface area (Å²) in [5.74, 6) is 0.921. The molecule has 33 heavy (non-hydrogen) atoms. The third-order valence-electron chi connectivity index (χ3n) is 7.71. The molecule has 1 saturated heterocycles. The SMILES string of the molecule is COc1ccc(OC)c(NC(=O)c2ccccc2N2C(=O)[C@@H]3[C@H]4C=C[C@H]([C@@H]5C[C@H]45)[C@@H]3C2=O)c1. The van der Waals surface area contributed by atoms with E-state index in [4.69, 9.17) is 9.47 Å². The summed E-state index contributed by atoms with van der Waals surface area (Å²) in [6, 6.07) is 11.9. The van der Waals surface area contributed by atoms with Gasteiger partial charge >= 0.3 is 0 Å². The third kappa shape index (κ3) is 2.84. The fraction of sp³-hybridized carbons (Fsp3) is 0.346. The van der Waals surface area contributed by atoms with E-state index in [2.05, 4.69) is 17.5 Å². The maximum Gasteiger partial charge on any atom is 0.257 e. The van der Waals surface area contributed by atoms with E-state index in [9.17, 15) is 14.4 Å². The van der Waals surface area contributed by atoms with Gasteiger partial charge in [0, 0.05) is 6.07 Å². The average Bonchev–Trinajstić information content (AvgIpc) is 3.62. The van der Waals surface area contributed by atoms with Gasteiger partial charge in [0.25, 0.3) is 5.91 Å². The molecule has 2 aromatic carbocycles. The molecule has 1 N–H and O–H groups in total. The first-order chi connectivity index (χ1) is 16.0. The molecular formula is C26H24N2O5. The summed E-state index contributed by atoms with van der Waals surface area (Å²) in [7, 11) is 3.06. The first kappa shape index (κ1) is 20.0. The number of amides is 3. The molecule has 0 aromatic heterocycles. The van der Waals surface area contributed by atoms with Gasteiger partial charge in [-0.2, -0.15) is 0 Å². The Labute approximate surface area is 191 Å². The van der Waals surface area contributed by atoms with Crippen molar-refractivity contribution in [2.45, 2.75) is 6.42 Å². The van der Waals surface area contributed by atoms with E-state index in [-0.39, 0.29) is 41.0 Å². The van der Waals surface area contributed by atoms with Crippen molar-refractivity contribution in [3.63, 3.8) is 0 Å². The van der Waals surface area contributed by atoms with Crippen LogP contribution in [-0.2, 0) is 9.59 Å². The molecule has 2 aromatic rings. The smallest absolute Gasteiger partial charge is 0.257 e. The maximum atomic E-state index is 13.5. The Morgan fingerprint density at radius 2 is 1.61 bits per heavy atom. The minimum atomic E-state index is -0.434. The molecule has 4 aliphatic carbocycles. The zero-order chi connectivity index (χ0) is 22.9. The lowest BCUT2D eigenvalue weighted by Crippen LogP contribution is -2.40. The van der Waals surface area contributed by atoms with Crippen molar-refractivity contribution in [3.8, 4) is 11.5 Å². The van der Waals surface area contributed by atoms with Gasteiger partial charge in [0.2, 0.25) is 11.8 Å². The number of imide groups is 1. The Kier molecular flexibility index (Phi) is 4.37. The second-order valence-electron chi connectivity index (χ2n) is 9.20. The van der Waals surface area contributed by atoms with E-state index in [1.807, 2.05) is 0 Å². The van der Waals surface area contributed by atoms with Gasteiger partial charge in [-0.3, -0.25) is 14.4 Å². The highest BCUT2D eigenvalue weighted by molar-refractivity contribution is 6.25. The van der Waals surface area contributed by atoms with E-state index < -0.39 is 5.91 Å². The lowest BCUT2D eigenvalue weighted by atomic mass is 9.63. The summed E-state index contributed by atoms with van der Waals surface area (Å²) in [5.41, 5.74) is 1.02. The number of hydrogen-bond donors (Lipinski definition) is 1. The molecule has 7 heteroatoms. The van der Waals surface area contributed by atoms with Gasteiger partial charge in [-0.25, -0.2) is 4.90 Å². The van der Waals surface area contributed by atoms with Crippen LogP contribution in [0.4, 0.5) is 11.4 Å². The largest absolute Gasteiger partial charge is 0.497 e. The summed E-state index contributed by atoms with van der Waals surface area (Å²) >= 11 is 0. The number of rotatable bonds is 5. The molecule has 2 bridgehead atoms. The zero-order valence-electron chi connectivity index (χ0n) is 18.4. The molecule has 6 atom stereocenters. The van der Waals surface area contributed by atoms with Crippen LogP contribution in [0.25, 0.3) is 0 Å². The molecule has 3 amide bonds. The molecule has 2 saturated carbocycles. The molecule has 3 fully saturated rings. The van der Waals surface area contributed by atoms with Crippen LogP contribution in [0, 0.1) is 35.5 Å². The minimum Gasteiger partial charge on any atom is -0.497 e. The third-order valence-corrected chi connectivity index (χ3v) is 7.71. The number of benzene rings is 2. The van der Waals surface area contributed by atoms with Crippen LogP contribution >= 0.6 is 0 Å². The predicted molar refractivity (Wildman–Crippen MR) is 121 cm³/mol. The highest BCUT2D eigenvalue weighted by atomic mass is 16.5. The lowest BCUT2D eigenvalue weighted by molar-refractivity contribution is -0.124. The van der Waals surface area contributed by atoms with Crippen LogP contribution in [0.15, 0.2) is 54.6 Å². The number of carbonyl (C=O) groups is 3. The van der Waals surface area contributed by atoms with Gasteiger partial charge < -0.3 is 14.8 Å². The fourth-order valence-corrected chi connectivity index (χ4v) is 6.16. The first-order valence-corrected chi connectivity index (χ1v) is 11.2. The second-order valence-corrected chi connectivity index (χ2v) is 9.20. The number of nitrogens with zero attached hydrogens (tertiary/aromatic N) is 1. The molecule has 0 radical (unpaired) electrons. The van der Waals surface area contributed by atoms with Crippen molar-refractivity contribution in [2.75, 3.05) is 24.4 Å². The molecule has 0 spiro atoms. The standard InChI is InChI=1S/C26H24N2O5/c1-32-13-7-10-21(33-2)19(11-13)27-24(29)16-5-3-4-6-20(16)28-25(30)22-14-8-9-15(18-12-17(14)18)23(22)26(28)31/h3-11,14-15,17-18,22-23H,12H2,1-2H3,(H,27,29)/t14-,15+,17+,18-,22+,23-. The highest BCUT2D eigenvalue weighted by Gasteiger charge is 2.67. The molecule has 168 valence electrons. The van der Waals surface area contributed by atoms with Crippen LogP contribution in [-0.4, -0.2) is 31.9 Å². The predicted octanol–water partition coefficient (Wildman–Crippen LogP) is 3.51. The summed E-state index contributed by atoms with van der Waals surface area (Å²) in [6.45, 7) is 0. The van der Waals surface area contributed by atoms with Gasteiger partial charge in [-0.05, 0) is 54.4 Å². The van der Waals surface area contributed by atoms with Crippen molar-refractivity contribution in [2.24, 2.45) is 35.5 Å². The van der Waals surface area contributed by atoms with Crippen molar-refractivity contribution in [3.05, 3.63) is 60.2 Å². The van der Waals surface area contributed by atoms with Crippen molar-refractivity contribution in [1.82, 2.24) is 0 Å². The summed E-state index contributed by atoms with van der Waals surface area (Å²) < 4.78 is 10.6. The van der Waals surface area contributed by atoms with Crippen LogP contribution in [0.3, 0.4) is 0 Å². The van der Waals surface area contributed by atoms with Crippen molar-refractivity contribution >= 4 is 29.1 Å². The molecule has 1 aliphatic heterocycles. The molecular weight excluding hydrogens is 420 g/mol. The summed E-state index contributed by atoms with van der Waals surface area (Å²) in [4.78, 5) is 41.6. The Hall–Kier alpha value is -3.61. The van der Waals surface area contributed by atoms with E-state index in [0.29, 0.717) is 34.7 Å². The number of allylic oxidation sites excluding steroid dienone is 2. The number of methoxy groups -OCH3 is 2. The number of anilines is 2. The molecule has 7 nitrogen and oxygen atoms in total. The van der Waals surface area contributed by atoms with E-state index in [1.54, 1.807) is 49.6 Å². The number of nitrogens with one attached hydrogen (secondary N) is 1. The number of para-hydroxylation sites is 1. The van der Waals surface area contributed by atoms with Crippen LogP contribution in [0.2, 0.25) is 0 Å². The van der Waals surface area contributed by atoms with Crippen molar-refractivity contribution < 1.29 is 23.9 Å². The van der Waals surface area contributed by atoms with E-state index in [0.717, 1.165) is 6.42 Å². The average molecular weight is 444 g/mol. The molecule has 5 aliphatic rings. The zero-order valence-corrected chi connectivity index (χ0v) is 18.4. The molecule has 1 heterocycles. The Bertz CT molecular complexity index is 1180. The van der Waals surface area contributed by atoms with Gasteiger partial charge in [-0.1, -0.05) is 24.3 Å². The van der Waals surface area contributed by atoms with Gasteiger partial charge in [-0.15, -0.1) is 0 Å². The number of carbonyl (C=O) groups excluding carboxylic acids is 3. The molecule has 7 rings (SSSR count). The lowest BCUT2D eigenvalue weighted by Gasteiger charge is -2.37. The van der Waals surface area contributed by atoms with Gasteiger partial charge in [0.15, 0.2) is 0 Å². The van der Waals surface area contributed by atoms with Gasteiger partial charge in [0.05, 0.1) is 43.0 Å². The Morgan fingerprint density at radius 1 is 0.939 bits per heavy atom. The van der Waals surface area contributed by atoms with E-state index >= 15 is 0 Å². The normalized spacial score (nSPS) is 30.7. The monoisotopic (exact) mass is 444 g/mol. The van der Waals surface area contributed by atoms with E-state index in [1.165, 1.54) is 12.0 Å². The van der Waals surface area contributed by atoms with Crippen LogP contribution < -0.4 is 19.7 Å². The Balaban J connectivity index is 1.34. The van der Waals surface area contributed by atoms with Crippen molar-refractivity contribution in [1.29, 1.82) is 0 Å². The summed E-state index contributed by atoms with van der Waals surface area (Å²) in [6.07, 6.45) is 5.39. The highest BCUT2D eigenvalue weighted by Crippen LogP contribution is 2.65. The number of hydrogen-bond acceptors (Lipinski definition) is 5. The Morgan fingerprint density at radius 3 is 2.24 bits per heavy atom. The second kappa shape index (κ2) is 7.20. The van der Waals surface area contributed by atoms with Crippen LogP contribution in [0.5, 0.6) is 11.5 Å². The minimum absolute atomic E-state index is 0.133.